The summed E-state index contributed by atoms with van der Waals surface area (Å²) in [6.07, 6.45) is 14.3. The highest BCUT2D eigenvalue weighted by atomic mass is 16.7. The van der Waals surface area contributed by atoms with Gasteiger partial charge in [0.25, 0.3) is 5.91 Å². The van der Waals surface area contributed by atoms with Gasteiger partial charge in [-0.2, -0.15) is 0 Å². The average Bonchev–Trinajstić information content (AvgIpc) is 3.23. The number of nitrogens with one attached hydrogen (secondary N) is 1. The van der Waals surface area contributed by atoms with Gasteiger partial charge in [-0.15, -0.1) is 0 Å². The molecule has 0 spiro atoms. The van der Waals surface area contributed by atoms with Gasteiger partial charge in [-0.05, 0) is 56.3 Å². The molecule has 5 nitrogen and oxygen atoms in total. The zero-order valence-corrected chi connectivity index (χ0v) is 15.8. The third-order valence-electron chi connectivity index (χ3n) is 8.12. The molecule has 0 bridgehead atoms. The Morgan fingerprint density at radius 3 is 3.04 bits per heavy atom. The van der Waals surface area contributed by atoms with E-state index in [0.717, 1.165) is 37.6 Å². The molecule has 4 aliphatic carbocycles. The van der Waals surface area contributed by atoms with E-state index in [1.54, 1.807) is 19.7 Å². The lowest BCUT2D eigenvalue weighted by Crippen LogP contribution is -2.56. The van der Waals surface area contributed by atoms with E-state index in [-0.39, 0.29) is 11.8 Å². The van der Waals surface area contributed by atoms with Gasteiger partial charge in [-0.1, -0.05) is 23.8 Å². The van der Waals surface area contributed by atoms with E-state index in [1.807, 2.05) is 0 Å². The molecule has 1 amide bonds. The summed E-state index contributed by atoms with van der Waals surface area (Å²) in [4.78, 5) is 24.5. The first-order valence-electron chi connectivity index (χ1n) is 10.3. The van der Waals surface area contributed by atoms with Crippen LogP contribution in [0.5, 0.6) is 0 Å². The fourth-order valence-corrected chi connectivity index (χ4v) is 7.05. The molecule has 5 rings (SSSR count). The standard InChI is InChI=1S/C21H30N2O3/c1-23(25-2)20(24)21-14(12-22-26-21)11-18-17-8-7-13-5-3-4-6-15(13)16(17)9-10-19(18)21/h4-6,14-19,22H,3,7-12H2,1-2H3. The van der Waals surface area contributed by atoms with Gasteiger partial charge < -0.3 is 0 Å². The van der Waals surface area contributed by atoms with E-state index in [2.05, 4.69) is 23.7 Å². The maximum Gasteiger partial charge on any atom is 0.280 e. The number of rotatable bonds is 2. The summed E-state index contributed by atoms with van der Waals surface area (Å²) in [5.74, 6) is 3.31. The number of hydrogen-bond acceptors (Lipinski definition) is 4. The largest absolute Gasteiger partial charge is 0.284 e. The highest BCUT2D eigenvalue weighted by Crippen LogP contribution is 2.62. The molecule has 142 valence electrons. The van der Waals surface area contributed by atoms with E-state index >= 15 is 0 Å². The first-order valence-corrected chi connectivity index (χ1v) is 10.3. The van der Waals surface area contributed by atoms with Crippen LogP contribution in [0.2, 0.25) is 0 Å². The molecule has 26 heavy (non-hydrogen) atoms. The monoisotopic (exact) mass is 358 g/mol. The fourth-order valence-electron chi connectivity index (χ4n) is 7.05. The summed E-state index contributed by atoms with van der Waals surface area (Å²) in [6, 6.07) is 0. The van der Waals surface area contributed by atoms with Crippen molar-refractivity contribution in [2.75, 3.05) is 20.7 Å². The number of hydroxylamine groups is 3. The Morgan fingerprint density at radius 1 is 1.31 bits per heavy atom. The van der Waals surface area contributed by atoms with Crippen molar-refractivity contribution in [2.24, 2.45) is 35.5 Å². The van der Waals surface area contributed by atoms with Crippen molar-refractivity contribution in [1.29, 1.82) is 0 Å². The summed E-state index contributed by atoms with van der Waals surface area (Å²) in [5.41, 5.74) is 4.00. The molecular formula is C21H30N2O3. The molecule has 5 aliphatic rings. The molecule has 7 unspecified atom stereocenters. The number of fused-ring (bicyclic) bond motifs is 7. The topological polar surface area (TPSA) is 50.8 Å². The number of allylic oxidation sites excluding steroid dienone is 4. The Hall–Kier alpha value is -1.17. The lowest BCUT2D eigenvalue weighted by atomic mass is 9.56. The second kappa shape index (κ2) is 6.18. The van der Waals surface area contributed by atoms with E-state index in [0.29, 0.717) is 17.8 Å². The van der Waals surface area contributed by atoms with Gasteiger partial charge in [0.2, 0.25) is 0 Å². The summed E-state index contributed by atoms with van der Waals surface area (Å²) >= 11 is 0. The van der Waals surface area contributed by atoms with Crippen LogP contribution in [0, 0.1) is 35.5 Å². The Labute approximate surface area is 155 Å². The molecule has 1 saturated heterocycles. The highest BCUT2D eigenvalue weighted by molar-refractivity contribution is 5.86. The normalized spacial score (nSPS) is 46.0. The number of likely N-dealkylation sites (N-methyl/N-ethyl adjacent to an activating group) is 1. The molecule has 1 aliphatic heterocycles. The maximum atomic E-state index is 13.2. The van der Waals surface area contributed by atoms with Crippen molar-refractivity contribution in [2.45, 2.75) is 44.1 Å². The Bertz CT molecular complexity index is 660. The summed E-state index contributed by atoms with van der Waals surface area (Å²) < 4.78 is 0. The smallest absolute Gasteiger partial charge is 0.280 e. The van der Waals surface area contributed by atoms with Gasteiger partial charge >= 0.3 is 0 Å². The number of carbonyl (C=O) groups excluding carboxylic acids is 1. The van der Waals surface area contributed by atoms with Crippen LogP contribution in [0.4, 0.5) is 0 Å². The molecule has 0 aromatic heterocycles. The molecule has 4 fully saturated rings. The molecule has 1 N–H and O–H groups in total. The number of hydrogen-bond donors (Lipinski definition) is 1. The van der Waals surface area contributed by atoms with Gasteiger partial charge in [-0.3, -0.25) is 14.5 Å². The minimum atomic E-state index is -0.723. The summed E-state index contributed by atoms with van der Waals surface area (Å²) in [6.45, 7) is 0.780. The average molecular weight is 358 g/mol. The van der Waals surface area contributed by atoms with Crippen LogP contribution >= 0.6 is 0 Å². The molecule has 3 saturated carbocycles. The SMILES string of the molecule is CON(C)C(=O)C12ONCC1CC1C3CCC4=CCC=CC4C3CCC12. The zero-order chi connectivity index (χ0) is 17.9. The Kier molecular flexibility index (Phi) is 4.03. The van der Waals surface area contributed by atoms with Crippen LogP contribution in [-0.4, -0.2) is 37.3 Å². The summed E-state index contributed by atoms with van der Waals surface area (Å²) in [7, 11) is 3.26. The van der Waals surface area contributed by atoms with Crippen molar-refractivity contribution in [3.8, 4) is 0 Å². The van der Waals surface area contributed by atoms with Gasteiger partial charge in [-0.25, -0.2) is 10.5 Å². The van der Waals surface area contributed by atoms with E-state index in [9.17, 15) is 4.79 Å². The van der Waals surface area contributed by atoms with Gasteiger partial charge in [0.1, 0.15) is 0 Å². The third kappa shape index (κ3) is 2.17. The molecule has 7 atom stereocenters. The molecule has 0 aromatic carbocycles. The second-order valence-corrected chi connectivity index (χ2v) is 8.84. The number of amides is 1. The van der Waals surface area contributed by atoms with Crippen LogP contribution in [0.1, 0.15) is 38.5 Å². The Morgan fingerprint density at radius 2 is 2.19 bits per heavy atom. The molecule has 1 heterocycles. The second-order valence-electron chi connectivity index (χ2n) is 8.84. The zero-order valence-electron chi connectivity index (χ0n) is 15.8. The van der Waals surface area contributed by atoms with Crippen LogP contribution in [0.3, 0.4) is 0 Å². The highest BCUT2D eigenvalue weighted by Gasteiger charge is 2.67. The van der Waals surface area contributed by atoms with Crippen LogP contribution < -0.4 is 5.48 Å². The van der Waals surface area contributed by atoms with Crippen molar-refractivity contribution < 1.29 is 14.5 Å². The van der Waals surface area contributed by atoms with Crippen LogP contribution in [0.15, 0.2) is 23.8 Å². The van der Waals surface area contributed by atoms with E-state index in [4.69, 9.17) is 9.68 Å². The van der Waals surface area contributed by atoms with Crippen molar-refractivity contribution in [3.05, 3.63) is 23.8 Å². The van der Waals surface area contributed by atoms with Crippen LogP contribution in [0.25, 0.3) is 0 Å². The summed E-state index contributed by atoms with van der Waals surface area (Å²) in [5, 5.41) is 1.38. The van der Waals surface area contributed by atoms with Gasteiger partial charge in [0.05, 0.1) is 7.11 Å². The van der Waals surface area contributed by atoms with E-state index < -0.39 is 5.60 Å². The Balaban J connectivity index is 1.46. The van der Waals surface area contributed by atoms with Crippen molar-refractivity contribution >= 4 is 5.91 Å². The lowest BCUT2D eigenvalue weighted by Gasteiger charge is -2.50. The first kappa shape index (κ1) is 17.0. The van der Waals surface area contributed by atoms with Gasteiger partial charge in [0.15, 0.2) is 5.60 Å². The fraction of sp³-hybridized carbons (Fsp3) is 0.762. The minimum Gasteiger partial charge on any atom is -0.284 e. The van der Waals surface area contributed by atoms with Crippen molar-refractivity contribution in [3.63, 3.8) is 0 Å². The minimum absolute atomic E-state index is 0.00472. The maximum absolute atomic E-state index is 13.2. The van der Waals surface area contributed by atoms with Crippen LogP contribution in [-0.2, 0) is 14.5 Å². The molecule has 5 heteroatoms. The van der Waals surface area contributed by atoms with Gasteiger partial charge in [0, 0.05) is 31.3 Å². The van der Waals surface area contributed by atoms with E-state index in [1.165, 1.54) is 24.3 Å². The van der Waals surface area contributed by atoms with Crippen molar-refractivity contribution in [1.82, 2.24) is 10.5 Å². The third-order valence-corrected chi connectivity index (χ3v) is 8.12. The molecular weight excluding hydrogens is 328 g/mol. The molecule has 0 radical (unpaired) electrons. The lowest BCUT2D eigenvalue weighted by molar-refractivity contribution is -0.205. The number of nitrogens with zero attached hydrogens (tertiary/aromatic N) is 1. The predicted octanol–water partition coefficient (Wildman–Crippen LogP) is 2.85. The quantitative estimate of drug-likeness (QED) is 0.609. The molecule has 0 aromatic rings. The number of carbonyl (C=O) groups is 1. The first-order chi connectivity index (χ1) is 12.7. The predicted molar refractivity (Wildman–Crippen MR) is 97.5 cm³/mol.